The lowest BCUT2D eigenvalue weighted by Crippen LogP contribution is -2.43. The summed E-state index contributed by atoms with van der Waals surface area (Å²) in [5.41, 5.74) is 0.167. The Morgan fingerprint density at radius 2 is 2.20 bits per heavy atom. The predicted octanol–water partition coefficient (Wildman–Crippen LogP) is 2.09. The van der Waals surface area contributed by atoms with Crippen LogP contribution < -0.4 is 10.6 Å². The first kappa shape index (κ1) is 16.2. The summed E-state index contributed by atoms with van der Waals surface area (Å²) in [6.07, 6.45) is 0.119. The fraction of sp³-hybridized carbons (Fsp3) is 0.333. The highest BCUT2D eigenvalue weighted by Crippen LogP contribution is 2.18. The summed E-state index contributed by atoms with van der Waals surface area (Å²) in [6.45, 7) is 0.187. The maximum atomic E-state index is 13.2. The molecule has 110 valence electrons. The number of carbonyl (C=O) groups excluding carboxylic acids is 1. The van der Waals surface area contributed by atoms with Gasteiger partial charge < -0.3 is 20.5 Å². The number of benzene rings is 1. The third kappa shape index (κ3) is 5.02. The second-order valence-electron chi connectivity index (χ2n) is 3.90. The monoisotopic (exact) mass is 304 g/mol. The molecule has 0 fully saturated rings. The Kier molecular flexibility index (Phi) is 6.20. The van der Waals surface area contributed by atoms with E-state index in [1.54, 1.807) is 0 Å². The minimum Gasteiger partial charge on any atom is -0.480 e. The van der Waals surface area contributed by atoms with E-state index < -0.39 is 23.9 Å². The maximum Gasteiger partial charge on any atom is 0.326 e. The van der Waals surface area contributed by atoms with E-state index in [4.69, 9.17) is 21.4 Å². The molecular weight excluding hydrogens is 291 g/mol. The zero-order chi connectivity index (χ0) is 15.1. The molecule has 2 amide bonds. The Balaban J connectivity index is 2.60. The summed E-state index contributed by atoms with van der Waals surface area (Å²) in [5, 5.41) is 13.4. The SMILES string of the molecule is COCCC(NC(=O)Nc1ccc(Cl)c(F)c1)C(=O)O. The van der Waals surface area contributed by atoms with Crippen LogP contribution >= 0.6 is 11.6 Å². The van der Waals surface area contributed by atoms with Crippen LogP contribution in [0.1, 0.15) is 6.42 Å². The number of ether oxygens (including phenoxy) is 1. The molecule has 1 atom stereocenters. The van der Waals surface area contributed by atoms with Gasteiger partial charge >= 0.3 is 12.0 Å². The number of aliphatic carboxylic acids is 1. The number of carbonyl (C=O) groups is 2. The van der Waals surface area contributed by atoms with Gasteiger partial charge in [-0.2, -0.15) is 0 Å². The van der Waals surface area contributed by atoms with Crippen molar-refractivity contribution in [3.05, 3.63) is 29.0 Å². The van der Waals surface area contributed by atoms with Crippen LogP contribution in [0.4, 0.5) is 14.9 Å². The van der Waals surface area contributed by atoms with Crippen LogP contribution in [0.2, 0.25) is 5.02 Å². The first-order valence-corrected chi connectivity index (χ1v) is 6.06. The highest BCUT2D eigenvalue weighted by atomic mass is 35.5. The van der Waals surface area contributed by atoms with Crippen molar-refractivity contribution in [3.8, 4) is 0 Å². The van der Waals surface area contributed by atoms with E-state index in [2.05, 4.69) is 10.6 Å². The number of anilines is 1. The summed E-state index contributed by atoms with van der Waals surface area (Å²) >= 11 is 5.51. The van der Waals surface area contributed by atoms with Gasteiger partial charge in [0.1, 0.15) is 11.9 Å². The van der Waals surface area contributed by atoms with Crippen molar-refractivity contribution in [2.45, 2.75) is 12.5 Å². The van der Waals surface area contributed by atoms with Crippen molar-refractivity contribution in [1.29, 1.82) is 0 Å². The molecule has 6 nitrogen and oxygen atoms in total. The summed E-state index contributed by atoms with van der Waals surface area (Å²) in [7, 11) is 1.43. The molecule has 8 heteroatoms. The number of amides is 2. The lowest BCUT2D eigenvalue weighted by atomic mass is 10.2. The van der Waals surface area contributed by atoms with Crippen molar-refractivity contribution < 1.29 is 23.8 Å². The molecule has 1 aromatic rings. The lowest BCUT2D eigenvalue weighted by Gasteiger charge is -2.14. The van der Waals surface area contributed by atoms with Crippen LogP contribution in [0.25, 0.3) is 0 Å². The van der Waals surface area contributed by atoms with Crippen LogP contribution in [-0.4, -0.2) is 36.9 Å². The molecule has 0 saturated heterocycles. The van der Waals surface area contributed by atoms with Crippen LogP contribution in [-0.2, 0) is 9.53 Å². The minimum absolute atomic E-state index is 0.0699. The molecule has 20 heavy (non-hydrogen) atoms. The molecule has 0 aliphatic rings. The van der Waals surface area contributed by atoms with E-state index >= 15 is 0 Å². The molecule has 0 heterocycles. The van der Waals surface area contributed by atoms with Crippen LogP contribution in [0.3, 0.4) is 0 Å². The van der Waals surface area contributed by atoms with Gasteiger partial charge in [-0.25, -0.2) is 14.0 Å². The molecule has 0 aliphatic carbocycles. The van der Waals surface area contributed by atoms with Gasteiger partial charge in [0.2, 0.25) is 0 Å². The van der Waals surface area contributed by atoms with Gasteiger partial charge in [-0.3, -0.25) is 0 Å². The average Bonchev–Trinajstić information content (AvgIpc) is 2.38. The first-order valence-electron chi connectivity index (χ1n) is 5.68. The van der Waals surface area contributed by atoms with E-state index in [0.29, 0.717) is 0 Å². The number of halogens is 2. The molecule has 1 aromatic carbocycles. The molecule has 1 rings (SSSR count). The zero-order valence-corrected chi connectivity index (χ0v) is 11.4. The fourth-order valence-corrected chi connectivity index (χ4v) is 1.51. The van der Waals surface area contributed by atoms with Crippen LogP contribution in [0, 0.1) is 5.82 Å². The summed E-state index contributed by atoms with van der Waals surface area (Å²) in [5.74, 6) is -1.86. The van der Waals surface area contributed by atoms with Crippen molar-refractivity contribution in [3.63, 3.8) is 0 Å². The minimum atomic E-state index is -1.18. The quantitative estimate of drug-likeness (QED) is 0.751. The molecule has 0 spiro atoms. The van der Waals surface area contributed by atoms with Gasteiger partial charge in [-0.05, 0) is 18.2 Å². The summed E-state index contributed by atoms with van der Waals surface area (Å²) < 4.78 is 17.9. The van der Waals surface area contributed by atoms with Gasteiger partial charge in [0.05, 0.1) is 5.02 Å². The van der Waals surface area contributed by atoms with Gasteiger partial charge in [-0.15, -0.1) is 0 Å². The van der Waals surface area contributed by atoms with E-state index in [9.17, 15) is 14.0 Å². The van der Waals surface area contributed by atoms with Crippen molar-refractivity contribution in [2.24, 2.45) is 0 Å². The summed E-state index contributed by atoms with van der Waals surface area (Å²) in [4.78, 5) is 22.5. The summed E-state index contributed by atoms with van der Waals surface area (Å²) in [6, 6.07) is 1.87. The van der Waals surface area contributed by atoms with E-state index in [0.717, 1.165) is 6.07 Å². The van der Waals surface area contributed by atoms with Crippen molar-refractivity contribution >= 4 is 29.3 Å². The normalized spacial score (nSPS) is 11.8. The lowest BCUT2D eigenvalue weighted by molar-refractivity contribution is -0.139. The second-order valence-corrected chi connectivity index (χ2v) is 4.31. The Hall–Kier alpha value is -1.86. The molecule has 0 radical (unpaired) electrons. The van der Waals surface area contributed by atoms with E-state index in [1.165, 1.54) is 19.2 Å². The van der Waals surface area contributed by atoms with Crippen molar-refractivity contribution in [2.75, 3.05) is 19.0 Å². The fourth-order valence-electron chi connectivity index (χ4n) is 1.39. The number of rotatable bonds is 6. The molecule has 1 unspecified atom stereocenters. The molecule has 3 N–H and O–H groups in total. The predicted molar refractivity (Wildman–Crippen MR) is 71.5 cm³/mol. The highest BCUT2D eigenvalue weighted by molar-refractivity contribution is 6.30. The highest BCUT2D eigenvalue weighted by Gasteiger charge is 2.19. The molecule has 0 bridgehead atoms. The molecule has 0 saturated carbocycles. The maximum absolute atomic E-state index is 13.2. The average molecular weight is 305 g/mol. The number of carboxylic acid groups (broad SMARTS) is 1. The van der Waals surface area contributed by atoms with Gasteiger partial charge in [-0.1, -0.05) is 11.6 Å². The van der Waals surface area contributed by atoms with Crippen LogP contribution in [0.15, 0.2) is 18.2 Å². The zero-order valence-electron chi connectivity index (χ0n) is 10.7. The largest absolute Gasteiger partial charge is 0.480 e. The van der Waals surface area contributed by atoms with Gasteiger partial charge in [0.25, 0.3) is 0 Å². The first-order chi connectivity index (χ1) is 9.43. The van der Waals surface area contributed by atoms with Crippen LogP contribution in [0.5, 0.6) is 0 Å². The number of carboxylic acids is 1. The van der Waals surface area contributed by atoms with E-state index in [1.807, 2.05) is 0 Å². The Labute approximate surface area is 119 Å². The van der Waals surface area contributed by atoms with Crippen molar-refractivity contribution in [1.82, 2.24) is 5.32 Å². The molecule has 0 aromatic heterocycles. The Bertz CT molecular complexity index is 498. The standard InChI is InChI=1S/C12H14ClFN2O4/c1-20-5-4-10(11(17)18)16-12(19)15-7-2-3-8(13)9(14)6-7/h2-3,6,10H,4-5H2,1H3,(H,17,18)(H2,15,16,19). The van der Waals surface area contributed by atoms with E-state index in [-0.39, 0.29) is 23.7 Å². The third-order valence-corrected chi connectivity index (χ3v) is 2.70. The number of urea groups is 1. The number of hydrogen-bond acceptors (Lipinski definition) is 3. The molecule has 0 aliphatic heterocycles. The smallest absolute Gasteiger partial charge is 0.326 e. The number of hydrogen-bond donors (Lipinski definition) is 3. The third-order valence-electron chi connectivity index (χ3n) is 2.39. The second kappa shape index (κ2) is 7.66. The molecular formula is C12H14ClFN2O4. The number of nitrogens with one attached hydrogen (secondary N) is 2. The Morgan fingerprint density at radius 3 is 2.75 bits per heavy atom. The number of methoxy groups -OCH3 is 1. The Morgan fingerprint density at radius 1 is 1.50 bits per heavy atom. The topological polar surface area (TPSA) is 87.7 Å². The van der Waals surface area contributed by atoms with Gasteiger partial charge in [0.15, 0.2) is 0 Å². The van der Waals surface area contributed by atoms with Gasteiger partial charge in [0, 0.05) is 25.8 Å².